The van der Waals surface area contributed by atoms with E-state index in [4.69, 9.17) is 4.74 Å². The van der Waals surface area contributed by atoms with Gasteiger partial charge in [0.25, 0.3) is 0 Å². The predicted molar refractivity (Wildman–Crippen MR) is 127 cm³/mol. The standard InChI is InChI=1S/C23H32N2O5S2/c1-16-12-22(17(2)11-21(16)30-5)32(28,29)23-15-31(26,27)14-19(23)24-13-20(25(3)4)18-9-7-6-8-10-18/h6-12,19-20,23-24H,13-15H2,1-5H3/t19-,20?,23-/m0/s1. The van der Waals surface area contributed by atoms with Crippen LogP contribution in [0.25, 0.3) is 0 Å². The van der Waals surface area contributed by atoms with Gasteiger partial charge in [0, 0.05) is 18.6 Å². The molecule has 0 bridgehead atoms. The molecule has 1 fully saturated rings. The largest absolute Gasteiger partial charge is 0.496 e. The maximum Gasteiger partial charge on any atom is 0.184 e. The van der Waals surface area contributed by atoms with Gasteiger partial charge < -0.3 is 15.0 Å². The topological polar surface area (TPSA) is 92.8 Å². The molecule has 2 aromatic rings. The van der Waals surface area contributed by atoms with Crippen LogP contribution in [-0.4, -0.2) is 72.3 Å². The molecule has 1 aliphatic heterocycles. The number of rotatable bonds is 8. The zero-order chi connectivity index (χ0) is 23.7. The first kappa shape index (κ1) is 24.7. The Morgan fingerprint density at radius 3 is 2.34 bits per heavy atom. The summed E-state index contributed by atoms with van der Waals surface area (Å²) in [6, 6.07) is 12.4. The highest BCUT2D eigenvalue weighted by Crippen LogP contribution is 2.32. The maximum absolute atomic E-state index is 13.6. The van der Waals surface area contributed by atoms with E-state index >= 15 is 0 Å². The second kappa shape index (κ2) is 9.51. The summed E-state index contributed by atoms with van der Waals surface area (Å²) < 4.78 is 57.5. The monoisotopic (exact) mass is 480 g/mol. The van der Waals surface area contributed by atoms with E-state index in [9.17, 15) is 16.8 Å². The second-order valence-electron chi connectivity index (χ2n) is 8.65. The van der Waals surface area contributed by atoms with Gasteiger partial charge in [0.05, 0.1) is 28.8 Å². The van der Waals surface area contributed by atoms with E-state index in [0.29, 0.717) is 23.4 Å². The van der Waals surface area contributed by atoms with Crippen molar-refractivity contribution >= 4 is 19.7 Å². The molecule has 0 radical (unpaired) electrons. The fourth-order valence-electron chi connectivity index (χ4n) is 4.30. The van der Waals surface area contributed by atoms with Gasteiger partial charge in [-0.2, -0.15) is 0 Å². The number of ether oxygens (including phenoxy) is 1. The molecule has 0 aromatic heterocycles. The lowest BCUT2D eigenvalue weighted by Gasteiger charge is -2.28. The molecule has 3 rings (SSSR count). The predicted octanol–water partition coefficient (Wildman–Crippen LogP) is 2.14. The minimum Gasteiger partial charge on any atom is -0.496 e. The third-order valence-electron chi connectivity index (χ3n) is 6.08. The van der Waals surface area contributed by atoms with Crippen LogP contribution in [0.15, 0.2) is 47.4 Å². The number of sulfone groups is 2. The molecule has 1 unspecified atom stereocenters. The normalized spacial score (nSPS) is 21.6. The first-order valence-corrected chi connectivity index (χ1v) is 13.9. The van der Waals surface area contributed by atoms with Crippen LogP contribution in [0.2, 0.25) is 0 Å². The van der Waals surface area contributed by atoms with E-state index in [1.54, 1.807) is 26.0 Å². The van der Waals surface area contributed by atoms with Gasteiger partial charge in [-0.25, -0.2) is 16.8 Å². The van der Waals surface area contributed by atoms with Crippen molar-refractivity contribution in [2.45, 2.75) is 36.1 Å². The van der Waals surface area contributed by atoms with Gasteiger partial charge in [-0.15, -0.1) is 0 Å². The average molecular weight is 481 g/mol. The molecule has 1 heterocycles. The summed E-state index contributed by atoms with van der Waals surface area (Å²) >= 11 is 0. The SMILES string of the molecule is COc1cc(C)c(S(=O)(=O)[C@H]2CS(=O)(=O)C[C@@H]2NCC(c2ccccc2)N(C)C)cc1C. The Morgan fingerprint density at radius 2 is 1.75 bits per heavy atom. The van der Waals surface area contributed by atoms with Crippen LogP contribution in [-0.2, 0) is 19.7 Å². The van der Waals surface area contributed by atoms with Crippen LogP contribution < -0.4 is 10.1 Å². The van der Waals surface area contributed by atoms with Crippen LogP contribution in [0, 0.1) is 13.8 Å². The lowest BCUT2D eigenvalue weighted by atomic mass is 10.1. The molecule has 3 atom stereocenters. The van der Waals surface area contributed by atoms with Crippen molar-refractivity contribution < 1.29 is 21.6 Å². The fourth-order valence-corrected chi connectivity index (χ4v) is 9.33. The molecule has 32 heavy (non-hydrogen) atoms. The first-order chi connectivity index (χ1) is 15.0. The molecule has 7 nitrogen and oxygen atoms in total. The highest BCUT2D eigenvalue weighted by Gasteiger charge is 2.46. The Hall–Kier alpha value is -1.94. The lowest BCUT2D eigenvalue weighted by molar-refractivity contribution is 0.282. The third-order valence-corrected chi connectivity index (χ3v) is 10.4. The Labute approximate surface area is 191 Å². The van der Waals surface area contributed by atoms with E-state index in [1.807, 2.05) is 49.3 Å². The molecule has 0 spiro atoms. The van der Waals surface area contributed by atoms with Gasteiger partial charge in [-0.3, -0.25) is 0 Å². The fraction of sp³-hybridized carbons (Fsp3) is 0.478. The van der Waals surface area contributed by atoms with E-state index in [2.05, 4.69) is 5.32 Å². The summed E-state index contributed by atoms with van der Waals surface area (Å²) in [5.41, 5.74) is 2.32. The number of nitrogens with zero attached hydrogens (tertiary/aromatic N) is 1. The van der Waals surface area contributed by atoms with E-state index in [-0.39, 0.29) is 22.4 Å². The van der Waals surface area contributed by atoms with Gasteiger partial charge in [0.1, 0.15) is 5.75 Å². The molecule has 1 aliphatic rings. The van der Waals surface area contributed by atoms with Crippen LogP contribution >= 0.6 is 0 Å². The molecule has 1 saturated heterocycles. The smallest absolute Gasteiger partial charge is 0.184 e. The van der Waals surface area contributed by atoms with Crippen LogP contribution in [0.1, 0.15) is 22.7 Å². The van der Waals surface area contributed by atoms with Gasteiger partial charge in [0.2, 0.25) is 0 Å². The summed E-state index contributed by atoms with van der Waals surface area (Å²) in [7, 11) is -1.94. The Bertz CT molecular complexity index is 1160. The highest BCUT2D eigenvalue weighted by molar-refractivity contribution is 7.96. The van der Waals surface area contributed by atoms with Crippen molar-refractivity contribution in [2.24, 2.45) is 0 Å². The van der Waals surface area contributed by atoms with Gasteiger partial charge in [-0.05, 0) is 56.8 Å². The molecule has 176 valence electrons. The van der Waals surface area contributed by atoms with E-state index in [0.717, 1.165) is 5.56 Å². The third kappa shape index (κ3) is 5.17. The average Bonchev–Trinajstić information content (AvgIpc) is 3.05. The number of likely N-dealkylation sites (N-methyl/N-ethyl adjacent to an activating group) is 1. The summed E-state index contributed by atoms with van der Waals surface area (Å²) in [4.78, 5) is 2.20. The maximum atomic E-state index is 13.6. The van der Waals surface area contributed by atoms with E-state index < -0.39 is 31.0 Å². The zero-order valence-electron chi connectivity index (χ0n) is 19.2. The quantitative estimate of drug-likeness (QED) is 0.619. The number of aryl methyl sites for hydroxylation is 2. The summed E-state index contributed by atoms with van der Waals surface area (Å²) in [5.74, 6) is 0.0297. The summed E-state index contributed by atoms with van der Waals surface area (Å²) in [6.45, 7) is 3.92. The summed E-state index contributed by atoms with van der Waals surface area (Å²) in [5, 5.41) is 2.23. The van der Waals surface area contributed by atoms with Crippen molar-refractivity contribution in [3.63, 3.8) is 0 Å². The molecular weight excluding hydrogens is 448 g/mol. The number of methoxy groups -OCH3 is 1. The van der Waals surface area contributed by atoms with E-state index in [1.165, 1.54) is 7.11 Å². The van der Waals surface area contributed by atoms with Crippen molar-refractivity contribution in [3.05, 3.63) is 59.2 Å². The second-order valence-corrected chi connectivity index (χ2v) is 12.9. The van der Waals surface area contributed by atoms with Crippen LogP contribution in [0.4, 0.5) is 0 Å². The highest BCUT2D eigenvalue weighted by atomic mass is 32.2. The minimum absolute atomic E-state index is 0.0205. The first-order valence-electron chi connectivity index (χ1n) is 10.5. The van der Waals surface area contributed by atoms with Crippen molar-refractivity contribution in [3.8, 4) is 5.75 Å². The lowest BCUT2D eigenvalue weighted by Crippen LogP contribution is -2.46. The molecular formula is C23H32N2O5S2. The van der Waals surface area contributed by atoms with Gasteiger partial charge in [0.15, 0.2) is 19.7 Å². The Kier molecular flexibility index (Phi) is 7.34. The van der Waals surface area contributed by atoms with Crippen molar-refractivity contribution in [1.29, 1.82) is 0 Å². The number of hydrogen-bond donors (Lipinski definition) is 1. The molecule has 0 amide bonds. The van der Waals surface area contributed by atoms with Crippen molar-refractivity contribution in [1.82, 2.24) is 10.2 Å². The molecule has 0 saturated carbocycles. The Balaban J connectivity index is 1.91. The molecule has 1 N–H and O–H groups in total. The van der Waals surface area contributed by atoms with Crippen LogP contribution in [0.5, 0.6) is 5.75 Å². The molecule has 2 aromatic carbocycles. The van der Waals surface area contributed by atoms with Crippen molar-refractivity contribution in [2.75, 3.05) is 39.3 Å². The van der Waals surface area contributed by atoms with Crippen LogP contribution in [0.3, 0.4) is 0 Å². The van der Waals surface area contributed by atoms with Gasteiger partial charge in [-0.1, -0.05) is 30.3 Å². The summed E-state index contributed by atoms with van der Waals surface area (Å²) in [6.07, 6.45) is 0. The zero-order valence-corrected chi connectivity index (χ0v) is 20.8. The molecule has 0 aliphatic carbocycles. The Morgan fingerprint density at radius 1 is 1.09 bits per heavy atom. The molecule has 9 heteroatoms. The minimum atomic E-state index is -3.88. The number of nitrogens with one attached hydrogen (secondary N) is 1. The number of benzene rings is 2. The van der Waals surface area contributed by atoms with Gasteiger partial charge >= 0.3 is 0 Å². The number of hydrogen-bond acceptors (Lipinski definition) is 7.